The number of anilines is 1. The van der Waals surface area contributed by atoms with Crippen molar-refractivity contribution in [2.75, 3.05) is 5.32 Å². The van der Waals surface area contributed by atoms with Gasteiger partial charge in [-0.2, -0.15) is 9.78 Å². The predicted octanol–water partition coefficient (Wildman–Crippen LogP) is 4.77. The number of nitrogens with one attached hydrogen (secondary N) is 1. The molecule has 0 unspecified atom stereocenters. The second kappa shape index (κ2) is 8.39. The van der Waals surface area contributed by atoms with Gasteiger partial charge in [0.1, 0.15) is 5.82 Å². The molecule has 34 heavy (non-hydrogen) atoms. The molecule has 5 rings (SSSR count). The molecule has 0 bridgehead atoms. The van der Waals surface area contributed by atoms with E-state index in [0.717, 1.165) is 28.1 Å². The minimum atomic E-state index is -1.00. The molecule has 2 N–H and O–H groups in total. The molecule has 8 nitrogen and oxygen atoms in total. The Morgan fingerprint density at radius 3 is 2.32 bits per heavy atom. The van der Waals surface area contributed by atoms with Crippen molar-refractivity contribution in [3.05, 3.63) is 87.7 Å². The molecule has 0 aliphatic carbocycles. The standard InChI is InChI=1S/C25H20ClN5O3/c1-13-11-14(2)28-25(27-13)31-23-21(22(30-31)16-7-9-18(26)10-8-16)19(12-20(32)29-23)15-3-5-17(6-4-15)24(33)34/h3-11,19H,12H2,1-2H3,(H,29,32)(H,33,34)/t19-/m0/s1. The van der Waals surface area contributed by atoms with Gasteiger partial charge in [-0.3, -0.25) is 4.79 Å². The van der Waals surface area contributed by atoms with E-state index >= 15 is 0 Å². The van der Waals surface area contributed by atoms with Gasteiger partial charge in [0, 0.05) is 39.9 Å². The van der Waals surface area contributed by atoms with Crippen molar-refractivity contribution in [2.24, 2.45) is 0 Å². The smallest absolute Gasteiger partial charge is 0.335 e. The van der Waals surface area contributed by atoms with E-state index in [4.69, 9.17) is 16.7 Å². The van der Waals surface area contributed by atoms with E-state index in [0.29, 0.717) is 22.5 Å². The highest BCUT2D eigenvalue weighted by atomic mass is 35.5. The maximum atomic E-state index is 12.8. The first-order valence-electron chi connectivity index (χ1n) is 10.6. The van der Waals surface area contributed by atoms with Crippen LogP contribution in [-0.4, -0.2) is 36.7 Å². The molecule has 0 fully saturated rings. The molecule has 170 valence electrons. The van der Waals surface area contributed by atoms with Crippen molar-refractivity contribution in [3.8, 4) is 17.2 Å². The van der Waals surface area contributed by atoms with Crippen LogP contribution in [0.2, 0.25) is 5.02 Å². The summed E-state index contributed by atoms with van der Waals surface area (Å²) in [5, 5.41) is 17.7. The predicted molar refractivity (Wildman–Crippen MR) is 128 cm³/mol. The van der Waals surface area contributed by atoms with Crippen LogP contribution >= 0.6 is 11.6 Å². The molecule has 2 aromatic heterocycles. The average Bonchev–Trinajstić information content (AvgIpc) is 3.18. The van der Waals surface area contributed by atoms with Crippen molar-refractivity contribution in [2.45, 2.75) is 26.2 Å². The maximum absolute atomic E-state index is 12.8. The molecule has 1 aliphatic heterocycles. The number of benzene rings is 2. The van der Waals surface area contributed by atoms with E-state index in [1.54, 1.807) is 41.1 Å². The third-order valence-corrected chi connectivity index (χ3v) is 6.01. The zero-order chi connectivity index (χ0) is 24.0. The molecule has 0 saturated heterocycles. The monoisotopic (exact) mass is 473 g/mol. The normalized spacial score (nSPS) is 15.0. The van der Waals surface area contributed by atoms with Crippen LogP contribution in [0.5, 0.6) is 0 Å². The molecule has 3 heterocycles. The SMILES string of the molecule is Cc1cc(C)nc(-n2nc(-c3ccc(Cl)cc3)c3c2NC(=O)C[C@H]3c2ccc(C(=O)O)cc2)n1. The second-order valence-corrected chi connectivity index (χ2v) is 8.65. The molecule has 1 aliphatic rings. The van der Waals surface area contributed by atoms with Crippen molar-refractivity contribution in [1.29, 1.82) is 0 Å². The van der Waals surface area contributed by atoms with Crippen LogP contribution in [0.3, 0.4) is 0 Å². The molecule has 0 saturated carbocycles. The van der Waals surface area contributed by atoms with Crippen molar-refractivity contribution in [1.82, 2.24) is 19.7 Å². The molecular formula is C25H20ClN5O3. The fourth-order valence-corrected chi connectivity index (χ4v) is 4.39. The number of fused-ring (bicyclic) bond motifs is 1. The number of halogens is 1. The van der Waals surface area contributed by atoms with Gasteiger partial charge in [-0.05, 0) is 49.7 Å². The fraction of sp³-hybridized carbons (Fsp3) is 0.160. The largest absolute Gasteiger partial charge is 0.478 e. The highest BCUT2D eigenvalue weighted by Gasteiger charge is 2.35. The lowest BCUT2D eigenvalue weighted by Gasteiger charge is -2.24. The van der Waals surface area contributed by atoms with E-state index < -0.39 is 5.97 Å². The molecule has 0 radical (unpaired) electrons. The first kappa shape index (κ1) is 21.8. The Hall–Kier alpha value is -4.04. The summed E-state index contributed by atoms with van der Waals surface area (Å²) in [5.41, 5.74) is 4.87. The Balaban J connectivity index is 1.75. The van der Waals surface area contributed by atoms with E-state index in [-0.39, 0.29) is 23.8 Å². The lowest BCUT2D eigenvalue weighted by atomic mass is 9.84. The van der Waals surface area contributed by atoms with Crippen molar-refractivity contribution < 1.29 is 14.7 Å². The maximum Gasteiger partial charge on any atom is 0.335 e. The first-order valence-corrected chi connectivity index (χ1v) is 11.0. The molecule has 2 aromatic carbocycles. The number of carboxylic acids is 1. The van der Waals surface area contributed by atoms with Crippen LogP contribution in [0, 0.1) is 13.8 Å². The number of hydrogen-bond donors (Lipinski definition) is 2. The summed E-state index contributed by atoms with van der Waals surface area (Å²) in [7, 11) is 0. The number of aromatic nitrogens is 4. The Labute approximate surface area is 200 Å². The summed E-state index contributed by atoms with van der Waals surface area (Å²) in [6.07, 6.45) is 0.194. The van der Waals surface area contributed by atoms with E-state index in [1.165, 1.54) is 0 Å². The molecule has 0 spiro atoms. The zero-order valence-corrected chi connectivity index (χ0v) is 19.2. The van der Waals surface area contributed by atoms with Gasteiger partial charge in [-0.25, -0.2) is 14.8 Å². The topological polar surface area (TPSA) is 110 Å². The second-order valence-electron chi connectivity index (χ2n) is 8.21. The number of hydrogen-bond acceptors (Lipinski definition) is 5. The van der Waals surface area contributed by atoms with Crippen LogP contribution in [0.15, 0.2) is 54.6 Å². The van der Waals surface area contributed by atoms with Gasteiger partial charge >= 0.3 is 5.97 Å². The molecular weight excluding hydrogens is 454 g/mol. The average molecular weight is 474 g/mol. The van der Waals surface area contributed by atoms with Crippen molar-refractivity contribution in [3.63, 3.8) is 0 Å². The number of carboxylic acid groups (broad SMARTS) is 1. The summed E-state index contributed by atoms with van der Waals surface area (Å²) in [4.78, 5) is 33.2. The third kappa shape index (κ3) is 3.92. The van der Waals surface area contributed by atoms with Gasteiger partial charge in [-0.15, -0.1) is 0 Å². The number of aryl methyl sites for hydroxylation is 2. The Morgan fingerprint density at radius 2 is 1.71 bits per heavy atom. The van der Waals surface area contributed by atoms with Gasteiger partial charge in [0.2, 0.25) is 5.91 Å². The summed E-state index contributed by atoms with van der Waals surface area (Å²) < 4.78 is 1.56. The zero-order valence-electron chi connectivity index (χ0n) is 18.4. The van der Waals surface area contributed by atoms with E-state index in [9.17, 15) is 14.7 Å². The number of carbonyl (C=O) groups is 2. The van der Waals surface area contributed by atoms with Gasteiger partial charge in [0.25, 0.3) is 5.95 Å². The highest BCUT2D eigenvalue weighted by Crippen LogP contribution is 2.43. The van der Waals surface area contributed by atoms with Crippen LogP contribution in [0.4, 0.5) is 5.82 Å². The quantitative estimate of drug-likeness (QED) is 0.441. The molecule has 4 aromatic rings. The number of rotatable bonds is 4. The van der Waals surface area contributed by atoms with Gasteiger partial charge < -0.3 is 10.4 Å². The van der Waals surface area contributed by atoms with Crippen LogP contribution < -0.4 is 5.32 Å². The molecule has 1 atom stereocenters. The number of aromatic carboxylic acids is 1. The Morgan fingerprint density at radius 1 is 1.06 bits per heavy atom. The Bertz CT molecular complexity index is 1410. The molecule has 9 heteroatoms. The van der Waals surface area contributed by atoms with Gasteiger partial charge in [-0.1, -0.05) is 35.9 Å². The van der Waals surface area contributed by atoms with Gasteiger partial charge in [0.15, 0.2) is 0 Å². The minimum Gasteiger partial charge on any atom is -0.478 e. The van der Waals surface area contributed by atoms with Crippen LogP contribution in [-0.2, 0) is 4.79 Å². The van der Waals surface area contributed by atoms with E-state index in [1.807, 2.05) is 32.0 Å². The third-order valence-electron chi connectivity index (χ3n) is 5.76. The van der Waals surface area contributed by atoms with Crippen LogP contribution in [0.1, 0.15) is 45.2 Å². The van der Waals surface area contributed by atoms with Crippen molar-refractivity contribution >= 4 is 29.3 Å². The summed E-state index contributed by atoms with van der Waals surface area (Å²) in [6, 6.07) is 15.8. The summed E-state index contributed by atoms with van der Waals surface area (Å²) >= 11 is 6.11. The first-order chi connectivity index (χ1) is 16.3. The lowest BCUT2D eigenvalue weighted by molar-refractivity contribution is -0.116. The van der Waals surface area contributed by atoms with E-state index in [2.05, 4.69) is 15.3 Å². The highest BCUT2D eigenvalue weighted by molar-refractivity contribution is 6.30. The minimum absolute atomic E-state index is 0.173. The fourth-order valence-electron chi connectivity index (χ4n) is 4.26. The molecule has 1 amide bonds. The van der Waals surface area contributed by atoms with Crippen LogP contribution in [0.25, 0.3) is 17.2 Å². The number of carbonyl (C=O) groups excluding carboxylic acids is 1. The summed E-state index contributed by atoms with van der Waals surface area (Å²) in [6.45, 7) is 3.75. The Kier molecular flexibility index (Phi) is 5.37. The number of nitrogens with zero attached hydrogens (tertiary/aromatic N) is 4. The van der Waals surface area contributed by atoms with Gasteiger partial charge in [0.05, 0.1) is 11.3 Å². The number of amides is 1. The lowest BCUT2D eigenvalue weighted by Crippen LogP contribution is -2.25. The summed E-state index contributed by atoms with van der Waals surface area (Å²) in [5.74, 6) is -0.658.